The van der Waals surface area contributed by atoms with Gasteiger partial charge in [-0.3, -0.25) is 9.44 Å². The second-order valence-electron chi connectivity index (χ2n) is 10.2. The summed E-state index contributed by atoms with van der Waals surface area (Å²) in [6.07, 6.45) is 2.86. The first-order valence-electron chi connectivity index (χ1n) is 12.9. The zero-order chi connectivity index (χ0) is 29.9. The van der Waals surface area contributed by atoms with Crippen LogP contribution in [-0.4, -0.2) is 60.0 Å². The molecule has 2 saturated heterocycles. The number of nitrogens with one attached hydrogen (secondary N) is 3. The van der Waals surface area contributed by atoms with Gasteiger partial charge in [0.1, 0.15) is 18.1 Å². The number of piperidine rings is 2. The quantitative estimate of drug-likeness (QED) is 0.314. The van der Waals surface area contributed by atoms with Crippen LogP contribution in [0.5, 0.6) is 11.5 Å². The lowest BCUT2D eigenvalue weighted by Gasteiger charge is -2.51. The van der Waals surface area contributed by atoms with Crippen LogP contribution in [-0.2, 0) is 20.0 Å². The van der Waals surface area contributed by atoms with Gasteiger partial charge in [0.25, 0.3) is 0 Å². The Hall–Kier alpha value is -3.90. The fourth-order valence-electron chi connectivity index (χ4n) is 5.19. The van der Waals surface area contributed by atoms with E-state index in [-0.39, 0.29) is 17.9 Å². The summed E-state index contributed by atoms with van der Waals surface area (Å²) in [6.45, 7) is 18.6. The lowest BCUT2D eigenvalue weighted by Crippen LogP contribution is -2.54. The van der Waals surface area contributed by atoms with Crippen molar-refractivity contribution in [1.29, 1.82) is 0 Å². The van der Waals surface area contributed by atoms with Crippen LogP contribution in [0.1, 0.15) is 6.42 Å². The highest BCUT2D eigenvalue weighted by Crippen LogP contribution is 2.47. The number of fused-ring (bicyclic) bond motifs is 2. The van der Waals surface area contributed by atoms with Crippen LogP contribution in [0, 0.1) is 11.8 Å². The molecule has 2 aromatic rings. The van der Waals surface area contributed by atoms with E-state index in [1.807, 2.05) is 0 Å². The second kappa shape index (κ2) is 11.9. The van der Waals surface area contributed by atoms with Crippen LogP contribution in [0.15, 0.2) is 97.5 Å². The molecule has 0 spiro atoms. The molecule has 2 heterocycles. The van der Waals surface area contributed by atoms with Gasteiger partial charge in [-0.25, -0.2) is 16.8 Å². The fraction of sp³-hybridized carbons (Fsp3) is 0.310. The SMILES string of the molecule is C=C1NC(CCOc2ccc(NS(C)(=O)=O)cc2)C2C(=C)C1C(=C)N(CCOc1ccc(NS(C)(=O)=O)cc1)C2=C. The van der Waals surface area contributed by atoms with E-state index in [1.165, 1.54) is 0 Å². The Morgan fingerprint density at radius 2 is 1.27 bits per heavy atom. The molecule has 2 aliphatic rings. The Morgan fingerprint density at radius 3 is 1.76 bits per heavy atom. The van der Waals surface area contributed by atoms with Crippen molar-refractivity contribution in [2.45, 2.75) is 12.5 Å². The standard InChI is InChI=1S/C29H36N4O6S2/c1-19-28-20(2)30-27(15-17-38-25-11-7-23(8-12-25)31-40(5,34)35)29(19)22(4)33(21(28)3)16-18-39-26-13-9-24(10-14-26)32-41(6,36)37/h7-14,27-32H,1-4,15-18H2,5-6H3. The summed E-state index contributed by atoms with van der Waals surface area (Å²) in [4.78, 5) is 2.07. The van der Waals surface area contributed by atoms with Crippen LogP contribution in [0.4, 0.5) is 11.4 Å². The smallest absolute Gasteiger partial charge is 0.229 e. The minimum Gasteiger partial charge on any atom is -0.494 e. The molecule has 0 aliphatic carbocycles. The molecule has 0 radical (unpaired) electrons. The molecule has 220 valence electrons. The molecule has 0 amide bonds. The van der Waals surface area contributed by atoms with Crippen molar-refractivity contribution in [3.05, 3.63) is 97.5 Å². The molecule has 41 heavy (non-hydrogen) atoms. The van der Waals surface area contributed by atoms with Crippen molar-refractivity contribution < 1.29 is 26.3 Å². The van der Waals surface area contributed by atoms with E-state index >= 15 is 0 Å². The minimum atomic E-state index is -3.35. The molecular weight excluding hydrogens is 564 g/mol. The molecule has 12 heteroatoms. The van der Waals surface area contributed by atoms with Crippen LogP contribution >= 0.6 is 0 Å². The molecule has 0 aromatic heterocycles. The van der Waals surface area contributed by atoms with Gasteiger partial charge in [0.2, 0.25) is 20.0 Å². The number of ether oxygens (including phenoxy) is 2. The van der Waals surface area contributed by atoms with E-state index < -0.39 is 20.0 Å². The number of hydrogen-bond donors (Lipinski definition) is 3. The van der Waals surface area contributed by atoms with Gasteiger partial charge in [0.15, 0.2) is 0 Å². The molecule has 2 bridgehead atoms. The van der Waals surface area contributed by atoms with E-state index in [0.717, 1.165) is 35.2 Å². The van der Waals surface area contributed by atoms with Crippen molar-refractivity contribution in [2.75, 3.05) is 41.7 Å². The zero-order valence-electron chi connectivity index (χ0n) is 23.2. The molecular formula is C29H36N4O6S2. The first-order chi connectivity index (χ1) is 19.2. The zero-order valence-corrected chi connectivity index (χ0v) is 24.9. The van der Waals surface area contributed by atoms with Gasteiger partial charge in [-0.15, -0.1) is 0 Å². The monoisotopic (exact) mass is 600 g/mol. The van der Waals surface area contributed by atoms with Crippen molar-refractivity contribution in [3.8, 4) is 11.5 Å². The summed E-state index contributed by atoms with van der Waals surface area (Å²) in [6, 6.07) is 13.4. The Balaban J connectivity index is 1.35. The summed E-state index contributed by atoms with van der Waals surface area (Å²) in [5.41, 5.74) is 4.46. The van der Waals surface area contributed by atoms with Gasteiger partial charge in [0, 0.05) is 46.8 Å². The predicted octanol–water partition coefficient (Wildman–Crippen LogP) is 3.89. The van der Waals surface area contributed by atoms with Crippen molar-refractivity contribution in [1.82, 2.24) is 10.2 Å². The van der Waals surface area contributed by atoms with Crippen molar-refractivity contribution in [3.63, 3.8) is 0 Å². The highest BCUT2D eigenvalue weighted by Gasteiger charge is 2.45. The van der Waals surface area contributed by atoms with E-state index in [4.69, 9.17) is 9.47 Å². The Morgan fingerprint density at radius 1 is 0.780 bits per heavy atom. The summed E-state index contributed by atoms with van der Waals surface area (Å²) in [7, 11) is -6.69. The lowest BCUT2D eigenvalue weighted by atomic mass is 9.71. The maximum atomic E-state index is 11.4. The Bertz CT molecular complexity index is 1550. The first-order valence-corrected chi connectivity index (χ1v) is 16.7. The first kappa shape index (κ1) is 30.1. The summed E-state index contributed by atoms with van der Waals surface area (Å²) >= 11 is 0. The largest absolute Gasteiger partial charge is 0.494 e. The highest BCUT2D eigenvalue weighted by atomic mass is 32.2. The number of rotatable bonds is 12. The Labute approximate surface area is 242 Å². The number of anilines is 2. The van der Waals surface area contributed by atoms with Crippen LogP contribution in [0.2, 0.25) is 0 Å². The normalized spacial score (nSPS) is 20.8. The third-order valence-electron chi connectivity index (χ3n) is 6.87. The average molecular weight is 601 g/mol. The molecule has 2 fully saturated rings. The van der Waals surface area contributed by atoms with Gasteiger partial charge in [-0.2, -0.15) is 0 Å². The van der Waals surface area contributed by atoms with Gasteiger partial charge < -0.3 is 19.7 Å². The number of nitrogens with zero attached hydrogens (tertiary/aromatic N) is 1. The second-order valence-corrected chi connectivity index (χ2v) is 13.7. The third-order valence-corrected chi connectivity index (χ3v) is 8.09. The van der Waals surface area contributed by atoms with Gasteiger partial charge in [0.05, 0.1) is 31.6 Å². The molecule has 4 rings (SSSR count). The van der Waals surface area contributed by atoms with Crippen LogP contribution in [0.25, 0.3) is 0 Å². The van der Waals surface area contributed by atoms with Gasteiger partial charge in [-0.1, -0.05) is 31.9 Å². The van der Waals surface area contributed by atoms with E-state index in [1.54, 1.807) is 48.5 Å². The fourth-order valence-corrected chi connectivity index (χ4v) is 6.32. The molecule has 0 saturated carbocycles. The average Bonchev–Trinajstić information content (AvgIpc) is 2.86. The maximum Gasteiger partial charge on any atom is 0.229 e. The number of likely N-dealkylation sites (tertiary alicyclic amines) is 1. The molecule has 2 aromatic carbocycles. The molecule has 10 nitrogen and oxygen atoms in total. The van der Waals surface area contributed by atoms with Gasteiger partial charge in [-0.05, 0) is 48.5 Å². The molecule has 2 aliphatic heterocycles. The number of benzene rings is 2. The Kier molecular flexibility index (Phi) is 8.74. The predicted molar refractivity (Wildman–Crippen MR) is 163 cm³/mol. The minimum absolute atomic E-state index is 0.0312. The number of sulfonamides is 2. The van der Waals surface area contributed by atoms with Crippen LogP contribution in [0.3, 0.4) is 0 Å². The van der Waals surface area contributed by atoms with E-state index in [2.05, 4.69) is 46.0 Å². The van der Waals surface area contributed by atoms with E-state index in [0.29, 0.717) is 49.1 Å². The topological polar surface area (TPSA) is 126 Å². The van der Waals surface area contributed by atoms with Crippen LogP contribution < -0.4 is 24.2 Å². The lowest BCUT2D eigenvalue weighted by molar-refractivity contribution is 0.194. The van der Waals surface area contributed by atoms with Gasteiger partial charge >= 0.3 is 0 Å². The van der Waals surface area contributed by atoms with Crippen molar-refractivity contribution >= 4 is 31.4 Å². The maximum absolute atomic E-state index is 11.4. The highest BCUT2D eigenvalue weighted by molar-refractivity contribution is 7.92. The summed E-state index contributed by atoms with van der Waals surface area (Å²) < 4.78 is 62.4. The third kappa shape index (κ3) is 7.65. The van der Waals surface area contributed by atoms with E-state index in [9.17, 15) is 16.8 Å². The molecule has 3 unspecified atom stereocenters. The summed E-state index contributed by atoms with van der Waals surface area (Å²) in [5, 5.41) is 3.51. The molecule has 3 atom stereocenters. The van der Waals surface area contributed by atoms with Crippen molar-refractivity contribution in [2.24, 2.45) is 11.8 Å². The molecule has 3 N–H and O–H groups in total. The summed E-state index contributed by atoms with van der Waals surface area (Å²) in [5.74, 6) is 1.06. The number of hydrogen-bond acceptors (Lipinski definition) is 8.